The van der Waals surface area contributed by atoms with Gasteiger partial charge in [-0.2, -0.15) is 5.10 Å². The Balaban J connectivity index is 1.55. The summed E-state index contributed by atoms with van der Waals surface area (Å²) in [6.45, 7) is 0.751. The molecule has 2 aromatic carbocycles. The first kappa shape index (κ1) is 19.5. The van der Waals surface area contributed by atoms with E-state index in [1.807, 2.05) is 30.3 Å². The van der Waals surface area contributed by atoms with Gasteiger partial charge in [0.2, 0.25) is 0 Å². The van der Waals surface area contributed by atoms with Crippen LogP contribution in [0.15, 0.2) is 59.5 Å². The molecule has 4 rings (SSSR count). The number of aromatic nitrogens is 2. The third-order valence-corrected chi connectivity index (χ3v) is 5.23. The molecule has 2 atom stereocenters. The first-order chi connectivity index (χ1) is 14.0. The summed E-state index contributed by atoms with van der Waals surface area (Å²) in [7, 11) is 0. The molecule has 5 nitrogen and oxygen atoms in total. The van der Waals surface area contributed by atoms with Crippen molar-refractivity contribution in [2.45, 2.75) is 25.1 Å². The molecule has 1 saturated heterocycles. The number of rotatable bonds is 5. The van der Waals surface area contributed by atoms with Crippen molar-refractivity contribution in [1.82, 2.24) is 9.78 Å². The van der Waals surface area contributed by atoms with E-state index >= 15 is 0 Å². The van der Waals surface area contributed by atoms with Gasteiger partial charge in [-0.1, -0.05) is 48.0 Å². The van der Waals surface area contributed by atoms with Crippen LogP contribution in [-0.2, 0) is 11.3 Å². The minimum atomic E-state index is -0.931. The van der Waals surface area contributed by atoms with Gasteiger partial charge in [-0.15, -0.1) is 0 Å². The van der Waals surface area contributed by atoms with Crippen LogP contribution in [0.3, 0.4) is 0 Å². The van der Waals surface area contributed by atoms with Crippen LogP contribution in [0.5, 0.6) is 0 Å². The predicted molar refractivity (Wildman–Crippen MR) is 106 cm³/mol. The fraction of sp³-hybridized carbons (Fsp3) is 0.238. The maximum atomic E-state index is 13.6. The van der Waals surface area contributed by atoms with Crippen molar-refractivity contribution in [3.63, 3.8) is 0 Å². The van der Waals surface area contributed by atoms with E-state index in [9.17, 15) is 13.6 Å². The third kappa shape index (κ3) is 4.16. The topological polar surface area (TPSA) is 56.1 Å². The van der Waals surface area contributed by atoms with E-state index in [1.54, 1.807) is 0 Å². The van der Waals surface area contributed by atoms with Crippen LogP contribution in [0.2, 0.25) is 5.02 Å². The van der Waals surface area contributed by atoms with E-state index < -0.39 is 23.3 Å². The zero-order valence-electron chi connectivity index (χ0n) is 15.3. The average Bonchev–Trinajstić information content (AvgIpc) is 3.19. The summed E-state index contributed by atoms with van der Waals surface area (Å²) < 4.78 is 33.8. The zero-order valence-corrected chi connectivity index (χ0v) is 16.1. The molecule has 0 amide bonds. The second-order valence-electron chi connectivity index (χ2n) is 6.83. The molecule has 2 unspecified atom stereocenters. The highest BCUT2D eigenvalue weighted by Crippen LogP contribution is 2.33. The summed E-state index contributed by atoms with van der Waals surface area (Å²) >= 11 is 6.30. The Bertz CT molecular complexity index is 1080. The lowest BCUT2D eigenvalue weighted by atomic mass is 10.0. The van der Waals surface area contributed by atoms with Crippen molar-refractivity contribution < 1.29 is 13.5 Å². The van der Waals surface area contributed by atoms with E-state index in [0.29, 0.717) is 30.8 Å². The van der Waals surface area contributed by atoms with Gasteiger partial charge in [0.1, 0.15) is 11.1 Å². The van der Waals surface area contributed by atoms with Gasteiger partial charge in [0, 0.05) is 6.61 Å². The molecule has 1 aromatic heterocycles. The normalized spacial score (nSPS) is 18.7. The van der Waals surface area contributed by atoms with Crippen molar-refractivity contribution in [2.75, 3.05) is 11.9 Å². The lowest BCUT2D eigenvalue weighted by molar-refractivity contribution is 0.107. The molecule has 3 aromatic rings. The number of halogens is 3. The molecular weight excluding hydrogens is 400 g/mol. The predicted octanol–water partition coefficient (Wildman–Crippen LogP) is 4.17. The van der Waals surface area contributed by atoms with Crippen molar-refractivity contribution in [3.05, 3.63) is 92.9 Å². The summed E-state index contributed by atoms with van der Waals surface area (Å²) in [5, 5.41) is 7.40. The van der Waals surface area contributed by atoms with E-state index in [2.05, 4.69) is 10.4 Å². The van der Waals surface area contributed by atoms with Gasteiger partial charge < -0.3 is 10.1 Å². The van der Waals surface area contributed by atoms with Gasteiger partial charge >= 0.3 is 0 Å². The Kier molecular flexibility index (Phi) is 5.60. The van der Waals surface area contributed by atoms with Gasteiger partial charge in [0.15, 0.2) is 11.6 Å². The lowest BCUT2D eigenvalue weighted by Gasteiger charge is -2.22. The molecule has 0 bridgehead atoms. The Morgan fingerprint density at radius 3 is 2.72 bits per heavy atom. The van der Waals surface area contributed by atoms with Crippen molar-refractivity contribution in [1.29, 1.82) is 0 Å². The summed E-state index contributed by atoms with van der Waals surface area (Å²) in [5.41, 5.74) is 1.41. The van der Waals surface area contributed by atoms with Gasteiger partial charge in [-0.25, -0.2) is 13.5 Å². The lowest BCUT2D eigenvalue weighted by Crippen LogP contribution is -2.28. The van der Waals surface area contributed by atoms with Crippen LogP contribution in [0, 0.1) is 11.6 Å². The van der Waals surface area contributed by atoms with Crippen LogP contribution in [-0.4, -0.2) is 22.4 Å². The minimum Gasteiger partial charge on any atom is -0.377 e. The molecule has 0 saturated carbocycles. The Morgan fingerprint density at radius 2 is 1.97 bits per heavy atom. The minimum absolute atomic E-state index is 0.0202. The number of nitrogens with zero attached hydrogens (tertiary/aromatic N) is 2. The number of anilines is 1. The molecule has 0 radical (unpaired) electrons. The van der Waals surface area contributed by atoms with Gasteiger partial charge in [-0.05, 0) is 29.7 Å². The van der Waals surface area contributed by atoms with E-state index in [-0.39, 0.29) is 11.1 Å². The standard InChI is InChI=1S/C21H18ClF2N3O2/c22-19-18(11-25-27(21(19)28)12-13-4-2-1-3-5-13)26-17-8-9-29-20(17)14-6-7-15(23)16(24)10-14/h1-7,10-11,17,20,26H,8-9,12H2. The molecule has 1 fully saturated rings. The SMILES string of the molecule is O=c1c(Cl)c(NC2CCOC2c2ccc(F)c(F)c2)cnn1Cc1ccccc1. The molecule has 0 spiro atoms. The average molecular weight is 418 g/mol. The first-order valence-electron chi connectivity index (χ1n) is 9.15. The molecule has 1 aliphatic rings. The fourth-order valence-corrected chi connectivity index (χ4v) is 3.59. The molecule has 1 N–H and O–H groups in total. The van der Waals surface area contributed by atoms with Crippen LogP contribution in [0.25, 0.3) is 0 Å². The van der Waals surface area contributed by atoms with Gasteiger partial charge in [0.25, 0.3) is 5.56 Å². The number of hydrogen-bond donors (Lipinski definition) is 1. The Hall–Kier alpha value is -2.77. The molecule has 8 heteroatoms. The summed E-state index contributed by atoms with van der Waals surface area (Å²) in [5.74, 6) is -1.84. The van der Waals surface area contributed by atoms with Crippen molar-refractivity contribution in [3.8, 4) is 0 Å². The molecule has 1 aliphatic heterocycles. The Morgan fingerprint density at radius 1 is 1.17 bits per heavy atom. The van der Waals surface area contributed by atoms with Crippen molar-refractivity contribution >= 4 is 17.3 Å². The molecular formula is C21H18ClF2N3O2. The first-order valence-corrected chi connectivity index (χ1v) is 9.53. The highest BCUT2D eigenvalue weighted by Gasteiger charge is 2.31. The monoisotopic (exact) mass is 417 g/mol. The van der Waals surface area contributed by atoms with E-state index in [4.69, 9.17) is 16.3 Å². The number of benzene rings is 2. The largest absolute Gasteiger partial charge is 0.377 e. The fourth-order valence-electron chi connectivity index (χ4n) is 3.39. The van der Waals surface area contributed by atoms with Gasteiger partial charge in [-0.3, -0.25) is 4.79 Å². The molecule has 29 heavy (non-hydrogen) atoms. The van der Waals surface area contributed by atoms with Crippen molar-refractivity contribution in [2.24, 2.45) is 0 Å². The number of ether oxygens (including phenoxy) is 1. The second kappa shape index (κ2) is 8.31. The van der Waals surface area contributed by atoms with Crippen LogP contribution >= 0.6 is 11.6 Å². The third-order valence-electron chi connectivity index (χ3n) is 4.86. The smallest absolute Gasteiger partial charge is 0.287 e. The highest BCUT2D eigenvalue weighted by atomic mass is 35.5. The maximum absolute atomic E-state index is 13.6. The number of nitrogens with one attached hydrogen (secondary N) is 1. The number of hydrogen-bond acceptors (Lipinski definition) is 4. The summed E-state index contributed by atoms with van der Waals surface area (Å²) in [4.78, 5) is 12.6. The molecule has 150 valence electrons. The maximum Gasteiger partial charge on any atom is 0.287 e. The summed E-state index contributed by atoms with van der Waals surface area (Å²) in [6, 6.07) is 12.9. The van der Waals surface area contributed by atoms with Gasteiger partial charge in [0.05, 0.1) is 24.5 Å². The quantitative estimate of drug-likeness (QED) is 0.677. The molecule has 2 heterocycles. The Labute approximate surface area is 170 Å². The highest BCUT2D eigenvalue weighted by molar-refractivity contribution is 6.32. The van der Waals surface area contributed by atoms with E-state index in [0.717, 1.165) is 17.7 Å². The summed E-state index contributed by atoms with van der Waals surface area (Å²) in [6.07, 6.45) is 1.62. The van der Waals surface area contributed by atoms with Crippen LogP contribution in [0.1, 0.15) is 23.7 Å². The second-order valence-corrected chi connectivity index (χ2v) is 7.20. The molecule has 0 aliphatic carbocycles. The zero-order chi connectivity index (χ0) is 20.4. The van der Waals surface area contributed by atoms with Crippen LogP contribution < -0.4 is 10.9 Å². The van der Waals surface area contributed by atoms with E-state index in [1.165, 1.54) is 16.9 Å². The van der Waals surface area contributed by atoms with Crippen LogP contribution in [0.4, 0.5) is 14.5 Å².